The van der Waals surface area contributed by atoms with Gasteiger partial charge < -0.3 is 10.2 Å². The van der Waals surface area contributed by atoms with E-state index < -0.39 is 0 Å². The van der Waals surface area contributed by atoms with Crippen molar-refractivity contribution in [3.05, 3.63) is 0 Å². The fourth-order valence-corrected chi connectivity index (χ4v) is 2.60. The molecule has 1 unspecified atom stereocenters. The number of amides is 1. The van der Waals surface area contributed by atoms with E-state index in [0.717, 1.165) is 45.4 Å². The summed E-state index contributed by atoms with van der Waals surface area (Å²) in [7, 11) is 0. The molecule has 3 nitrogen and oxygen atoms in total. The van der Waals surface area contributed by atoms with Crippen LogP contribution >= 0.6 is 0 Å². The van der Waals surface area contributed by atoms with E-state index in [9.17, 15) is 4.79 Å². The van der Waals surface area contributed by atoms with Gasteiger partial charge >= 0.3 is 0 Å². The predicted octanol–water partition coefficient (Wildman–Crippen LogP) is 2.27. The molecule has 0 aromatic carbocycles. The fourth-order valence-electron chi connectivity index (χ4n) is 2.60. The molecule has 17 heavy (non-hydrogen) atoms. The van der Waals surface area contributed by atoms with Crippen molar-refractivity contribution < 1.29 is 4.79 Å². The number of rotatable bonds is 6. The second-order valence-electron chi connectivity index (χ2n) is 5.51. The summed E-state index contributed by atoms with van der Waals surface area (Å²) < 4.78 is 0. The highest BCUT2D eigenvalue weighted by atomic mass is 16.2. The molecule has 1 heterocycles. The SMILES string of the molecule is CCC(CC)CN(CC)C(=O)C1(C)CCNC1. The monoisotopic (exact) mass is 240 g/mol. The third-order valence-corrected chi connectivity index (χ3v) is 4.19. The van der Waals surface area contributed by atoms with Crippen LogP contribution in [0.25, 0.3) is 0 Å². The van der Waals surface area contributed by atoms with Gasteiger partial charge in [0.2, 0.25) is 5.91 Å². The van der Waals surface area contributed by atoms with Gasteiger partial charge in [-0.1, -0.05) is 26.7 Å². The molecule has 1 aliphatic heterocycles. The minimum absolute atomic E-state index is 0.165. The maximum atomic E-state index is 12.6. The van der Waals surface area contributed by atoms with Crippen molar-refractivity contribution >= 4 is 5.91 Å². The van der Waals surface area contributed by atoms with E-state index >= 15 is 0 Å². The average Bonchev–Trinajstić information content (AvgIpc) is 2.78. The summed E-state index contributed by atoms with van der Waals surface area (Å²) in [5.41, 5.74) is -0.165. The Morgan fingerprint density at radius 1 is 1.35 bits per heavy atom. The molecular formula is C14H28N2O. The van der Waals surface area contributed by atoms with Crippen molar-refractivity contribution in [2.75, 3.05) is 26.2 Å². The standard InChI is InChI=1S/C14H28N2O/c1-5-12(6-2)10-16(7-3)13(17)14(4)8-9-15-11-14/h12,15H,5-11H2,1-4H3. The van der Waals surface area contributed by atoms with Crippen molar-refractivity contribution in [3.63, 3.8) is 0 Å². The Morgan fingerprint density at radius 2 is 2.00 bits per heavy atom. The minimum Gasteiger partial charge on any atom is -0.342 e. The van der Waals surface area contributed by atoms with Gasteiger partial charge in [0.15, 0.2) is 0 Å². The zero-order valence-electron chi connectivity index (χ0n) is 11.9. The van der Waals surface area contributed by atoms with Gasteiger partial charge in [-0.15, -0.1) is 0 Å². The number of carbonyl (C=O) groups is 1. The van der Waals surface area contributed by atoms with Crippen molar-refractivity contribution in [2.24, 2.45) is 11.3 Å². The fraction of sp³-hybridized carbons (Fsp3) is 0.929. The smallest absolute Gasteiger partial charge is 0.229 e. The number of hydrogen-bond acceptors (Lipinski definition) is 2. The largest absolute Gasteiger partial charge is 0.342 e. The second-order valence-corrected chi connectivity index (χ2v) is 5.51. The lowest BCUT2D eigenvalue weighted by atomic mass is 9.87. The second kappa shape index (κ2) is 6.39. The molecule has 0 radical (unpaired) electrons. The lowest BCUT2D eigenvalue weighted by molar-refractivity contribution is -0.140. The van der Waals surface area contributed by atoms with Crippen LogP contribution in [0.15, 0.2) is 0 Å². The Bertz CT molecular complexity index is 243. The van der Waals surface area contributed by atoms with Crippen LogP contribution < -0.4 is 5.32 Å². The molecule has 100 valence electrons. The van der Waals surface area contributed by atoms with E-state index in [1.54, 1.807) is 0 Å². The molecule has 3 heteroatoms. The molecular weight excluding hydrogens is 212 g/mol. The third-order valence-electron chi connectivity index (χ3n) is 4.19. The molecule has 0 spiro atoms. The quantitative estimate of drug-likeness (QED) is 0.772. The average molecular weight is 240 g/mol. The Balaban J connectivity index is 2.63. The lowest BCUT2D eigenvalue weighted by Crippen LogP contribution is -2.45. The van der Waals surface area contributed by atoms with Crippen LogP contribution in [-0.4, -0.2) is 37.0 Å². The summed E-state index contributed by atoms with van der Waals surface area (Å²) in [4.78, 5) is 14.6. The van der Waals surface area contributed by atoms with Gasteiger partial charge in [-0.2, -0.15) is 0 Å². The molecule has 1 fully saturated rings. The molecule has 1 saturated heterocycles. The van der Waals surface area contributed by atoms with E-state index in [1.165, 1.54) is 0 Å². The Hall–Kier alpha value is -0.570. The summed E-state index contributed by atoms with van der Waals surface area (Å²) >= 11 is 0. The highest BCUT2D eigenvalue weighted by Crippen LogP contribution is 2.27. The van der Waals surface area contributed by atoms with Crippen LogP contribution in [0, 0.1) is 11.3 Å². The zero-order chi connectivity index (χ0) is 12.9. The van der Waals surface area contributed by atoms with Gasteiger partial charge in [0.05, 0.1) is 5.41 Å². The topological polar surface area (TPSA) is 32.3 Å². The van der Waals surface area contributed by atoms with Crippen molar-refractivity contribution in [1.82, 2.24) is 10.2 Å². The summed E-state index contributed by atoms with van der Waals surface area (Å²) in [5, 5.41) is 3.31. The summed E-state index contributed by atoms with van der Waals surface area (Å²) in [6, 6.07) is 0. The van der Waals surface area contributed by atoms with Gasteiger partial charge in [-0.25, -0.2) is 0 Å². The van der Waals surface area contributed by atoms with E-state index in [-0.39, 0.29) is 5.41 Å². The van der Waals surface area contributed by atoms with Gasteiger partial charge in [0.1, 0.15) is 0 Å². The minimum atomic E-state index is -0.165. The van der Waals surface area contributed by atoms with Crippen LogP contribution in [0.4, 0.5) is 0 Å². The first-order valence-electron chi connectivity index (χ1n) is 7.07. The highest BCUT2D eigenvalue weighted by molar-refractivity contribution is 5.83. The normalized spacial score (nSPS) is 24.3. The van der Waals surface area contributed by atoms with Crippen LogP contribution in [0.1, 0.15) is 47.0 Å². The molecule has 0 aromatic heterocycles. The van der Waals surface area contributed by atoms with Crippen molar-refractivity contribution in [2.45, 2.75) is 47.0 Å². The number of nitrogens with one attached hydrogen (secondary N) is 1. The summed E-state index contributed by atoms with van der Waals surface area (Å²) in [6.07, 6.45) is 3.30. The van der Waals surface area contributed by atoms with E-state index in [2.05, 4.69) is 37.9 Å². The van der Waals surface area contributed by atoms with E-state index in [4.69, 9.17) is 0 Å². The van der Waals surface area contributed by atoms with Gasteiger partial charge in [-0.05, 0) is 32.7 Å². The van der Waals surface area contributed by atoms with Crippen LogP contribution in [0.5, 0.6) is 0 Å². The van der Waals surface area contributed by atoms with E-state index in [0.29, 0.717) is 11.8 Å². The van der Waals surface area contributed by atoms with E-state index in [1.807, 2.05) is 0 Å². The van der Waals surface area contributed by atoms with Crippen molar-refractivity contribution in [1.29, 1.82) is 0 Å². The number of nitrogens with zero attached hydrogens (tertiary/aromatic N) is 1. The molecule has 0 bridgehead atoms. The van der Waals surface area contributed by atoms with Gasteiger partial charge in [0.25, 0.3) is 0 Å². The molecule has 1 atom stereocenters. The Morgan fingerprint density at radius 3 is 2.41 bits per heavy atom. The predicted molar refractivity (Wildman–Crippen MR) is 71.9 cm³/mol. The summed E-state index contributed by atoms with van der Waals surface area (Å²) in [6.45, 7) is 12.2. The first-order valence-corrected chi connectivity index (χ1v) is 7.07. The Labute approximate surface area is 106 Å². The maximum Gasteiger partial charge on any atom is 0.229 e. The Kier molecular flexibility index (Phi) is 5.44. The zero-order valence-corrected chi connectivity index (χ0v) is 11.9. The maximum absolute atomic E-state index is 12.6. The van der Waals surface area contributed by atoms with Crippen LogP contribution in [0.2, 0.25) is 0 Å². The third kappa shape index (κ3) is 3.44. The first kappa shape index (κ1) is 14.5. The van der Waals surface area contributed by atoms with Crippen molar-refractivity contribution in [3.8, 4) is 0 Å². The molecule has 1 N–H and O–H groups in total. The number of carbonyl (C=O) groups excluding carboxylic acids is 1. The molecule has 0 saturated carbocycles. The van der Waals surface area contributed by atoms with Gasteiger partial charge in [-0.3, -0.25) is 4.79 Å². The molecule has 1 amide bonds. The number of hydrogen-bond donors (Lipinski definition) is 1. The van der Waals surface area contributed by atoms with Crippen LogP contribution in [0.3, 0.4) is 0 Å². The highest BCUT2D eigenvalue weighted by Gasteiger charge is 2.38. The first-order chi connectivity index (χ1) is 8.07. The van der Waals surface area contributed by atoms with Gasteiger partial charge in [0, 0.05) is 19.6 Å². The molecule has 1 rings (SSSR count). The summed E-state index contributed by atoms with van der Waals surface area (Å²) in [5.74, 6) is 0.994. The molecule has 0 aromatic rings. The molecule has 0 aliphatic carbocycles. The lowest BCUT2D eigenvalue weighted by Gasteiger charge is -2.32. The van der Waals surface area contributed by atoms with Crippen LogP contribution in [-0.2, 0) is 4.79 Å². The molecule has 1 aliphatic rings.